The van der Waals surface area contributed by atoms with Crippen LogP contribution in [0.1, 0.15) is 36.6 Å². The van der Waals surface area contributed by atoms with Gasteiger partial charge >= 0.3 is 11.9 Å². The lowest BCUT2D eigenvalue weighted by Gasteiger charge is -2.26. The van der Waals surface area contributed by atoms with Gasteiger partial charge in [0.05, 0.1) is 35.1 Å². The third-order valence-electron chi connectivity index (χ3n) is 6.71. The SMILES string of the molecule is CCOC(=O)COc1ccc(Cl)cc1/C=c1\sc2n(c1=O)[C@@H](c1ccc(SC)cc1)C(C(=O)OCC)=C(c1ccccc1)N=2. The highest BCUT2D eigenvalue weighted by Crippen LogP contribution is 2.35. The maximum Gasteiger partial charge on any atom is 0.344 e. The quantitative estimate of drug-likeness (QED) is 0.171. The van der Waals surface area contributed by atoms with Crippen LogP contribution in [0.3, 0.4) is 0 Å². The maximum atomic E-state index is 14.2. The molecule has 11 heteroatoms. The molecule has 1 aliphatic rings. The van der Waals surface area contributed by atoms with E-state index in [-0.39, 0.29) is 31.0 Å². The molecule has 0 N–H and O–H groups in total. The monoisotopic (exact) mass is 648 g/mol. The summed E-state index contributed by atoms with van der Waals surface area (Å²) in [6.45, 7) is 3.55. The number of hydrogen-bond donors (Lipinski definition) is 0. The van der Waals surface area contributed by atoms with Gasteiger partial charge in [0.15, 0.2) is 11.4 Å². The molecule has 1 aliphatic heterocycles. The van der Waals surface area contributed by atoms with Crippen molar-refractivity contribution in [3.05, 3.63) is 120 Å². The van der Waals surface area contributed by atoms with Gasteiger partial charge in [-0.1, -0.05) is 65.4 Å². The Bertz CT molecular complexity index is 1900. The molecule has 1 aromatic heterocycles. The first kappa shape index (κ1) is 31.3. The summed E-state index contributed by atoms with van der Waals surface area (Å²) in [6, 6.07) is 21.2. The van der Waals surface area contributed by atoms with E-state index in [1.165, 1.54) is 15.9 Å². The first-order valence-electron chi connectivity index (χ1n) is 13.8. The summed E-state index contributed by atoms with van der Waals surface area (Å²) in [5.74, 6) is -0.706. The average molecular weight is 649 g/mol. The molecule has 0 fully saturated rings. The topological polar surface area (TPSA) is 96.2 Å². The van der Waals surface area contributed by atoms with Gasteiger partial charge in [0.2, 0.25) is 0 Å². The highest BCUT2D eigenvalue weighted by Gasteiger charge is 2.35. The number of rotatable bonds is 10. The lowest BCUT2D eigenvalue weighted by atomic mass is 9.93. The minimum absolute atomic E-state index is 0.163. The summed E-state index contributed by atoms with van der Waals surface area (Å²) in [6.07, 6.45) is 3.64. The van der Waals surface area contributed by atoms with E-state index in [4.69, 9.17) is 30.8 Å². The van der Waals surface area contributed by atoms with E-state index in [0.717, 1.165) is 16.0 Å². The Morgan fingerprint density at radius 3 is 2.43 bits per heavy atom. The first-order valence-corrected chi connectivity index (χ1v) is 16.3. The molecular weight excluding hydrogens is 620 g/mol. The number of fused-ring (bicyclic) bond motifs is 1. The Labute approximate surface area is 267 Å². The number of nitrogens with zero attached hydrogens (tertiary/aromatic N) is 2. The zero-order valence-electron chi connectivity index (χ0n) is 24.2. The minimum atomic E-state index is -0.794. The summed E-state index contributed by atoms with van der Waals surface area (Å²) in [7, 11) is 0. The average Bonchev–Trinajstić information content (AvgIpc) is 3.34. The first-order chi connectivity index (χ1) is 21.3. The molecule has 0 spiro atoms. The second-order valence-corrected chi connectivity index (χ2v) is 11.8. The number of aromatic nitrogens is 1. The van der Waals surface area contributed by atoms with Crippen molar-refractivity contribution < 1.29 is 23.8 Å². The molecule has 0 radical (unpaired) electrons. The van der Waals surface area contributed by atoms with Crippen molar-refractivity contribution >= 4 is 58.4 Å². The van der Waals surface area contributed by atoms with E-state index >= 15 is 0 Å². The fraction of sp³-hybridized carbons (Fsp3) is 0.212. The van der Waals surface area contributed by atoms with Crippen LogP contribution in [-0.2, 0) is 19.1 Å². The number of hydrogen-bond acceptors (Lipinski definition) is 9. The fourth-order valence-corrected chi connectivity index (χ4v) is 6.37. The highest BCUT2D eigenvalue weighted by atomic mass is 35.5. The standard InChI is InChI=1S/C33H29ClN2O6S2/c1-4-40-27(37)19-42-25-16-13-23(34)17-22(25)18-26-31(38)36-30(21-11-14-24(43-3)15-12-21)28(32(39)41-5-2)29(35-33(36)44-26)20-9-7-6-8-10-20/h6-18,30H,4-5,19H2,1-3H3/b26-18-/t30-/m0/s1. The van der Waals surface area contributed by atoms with Crippen molar-refractivity contribution in [2.45, 2.75) is 24.8 Å². The van der Waals surface area contributed by atoms with Crippen LogP contribution in [0.2, 0.25) is 5.02 Å². The number of thioether (sulfide) groups is 1. The lowest BCUT2D eigenvalue weighted by Crippen LogP contribution is -2.40. The molecule has 0 saturated heterocycles. The summed E-state index contributed by atoms with van der Waals surface area (Å²) < 4.78 is 18.1. The molecule has 4 aromatic rings. The van der Waals surface area contributed by atoms with Gasteiger partial charge < -0.3 is 14.2 Å². The molecule has 0 unspecified atom stereocenters. The Hall–Kier alpha value is -4.12. The molecule has 44 heavy (non-hydrogen) atoms. The number of benzene rings is 3. The third-order valence-corrected chi connectivity index (χ3v) is 8.68. The van der Waals surface area contributed by atoms with Gasteiger partial charge in [-0.3, -0.25) is 9.36 Å². The van der Waals surface area contributed by atoms with Crippen molar-refractivity contribution in [2.75, 3.05) is 26.1 Å². The molecule has 0 aliphatic carbocycles. The predicted octanol–water partition coefficient (Wildman–Crippen LogP) is 5.25. The van der Waals surface area contributed by atoms with Gasteiger partial charge in [-0.25, -0.2) is 14.6 Å². The summed E-state index contributed by atoms with van der Waals surface area (Å²) in [5.41, 5.74) is 2.33. The Kier molecular flexibility index (Phi) is 10.0. The molecule has 5 rings (SSSR count). The zero-order chi connectivity index (χ0) is 31.2. The van der Waals surface area contributed by atoms with Crippen molar-refractivity contribution in [3.63, 3.8) is 0 Å². The normalized spacial score (nSPS) is 14.5. The van der Waals surface area contributed by atoms with Gasteiger partial charge in [0, 0.05) is 21.0 Å². The Balaban J connectivity index is 1.74. The van der Waals surface area contributed by atoms with Crippen molar-refractivity contribution in [2.24, 2.45) is 4.99 Å². The van der Waals surface area contributed by atoms with Crippen LogP contribution in [0, 0.1) is 0 Å². The van der Waals surface area contributed by atoms with Gasteiger partial charge in [0.25, 0.3) is 5.56 Å². The van der Waals surface area contributed by atoms with Crippen LogP contribution in [0.4, 0.5) is 0 Å². The Morgan fingerprint density at radius 2 is 1.75 bits per heavy atom. The predicted molar refractivity (Wildman–Crippen MR) is 173 cm³/mol. The van der Waals surface area contributed by atoms with Crippen LogP contribution in [0.5, 0.6) is 5.75 Å². The van der Waals surface area contributed by atoms with E-state index in [1.54, 1.807) is 49.9 Å². The number of esters is 2. The molecular formula is C33H29ClN2O6S2. The van der Waals surface area contributed by atoms with E-state index < -0.39 is 18.0 Å². The smallest absolute Gasteiger partial charge is 0.344 e. The number of halogens is 1. The molecule has 3 aromatic carbocycles. The summed E-state index contributed by atoms with van der Waals surface area (Å²) in [4.78, 5) is 46.1. The number of carbonyl (C=O) groups is 2. The zero-order valence-corrected chi connectivity index (χ0v) is 26.6. The fourth-order valence-electron chi connectivity index (χ4n) is 4.79. The van der Waals surface area contributed by atoms with Crippen LogP contribution in [0.15, 0.2) is 93.1 Å². The third kappa shape index (κ3) is 6.67. The lowest BCUT2D eigenvalue weighted by molar-refractivity contribution is -0.145. The molecule has 8 nitrogen and oxygen atoms in total. The summed E-state index contributed by atoms with van der Waals surface area (Å²) >= 11 is 9.09. The largest absolute Gasteiger partial charge is 0.481 e. The van der Waals surface area contributed by atoms with Crippen LogP contribution in [-0.4, -0.2) is 42.6 Å². The number of ether oxygens (including phenoxy) is 3. The highest BCUT2D eigenvalue weighted by molar-refractivity contribution is 7.98. The van der Waals surface area contributed by atoms with Gasteiger partial charge in [-0.15, -0.1) is 11.8 Å². The van der Waals surface area contributed by atoms with E-state index in [1.807, 2.05) is 60.9 Å². The number of carbonyl (C=O) groups excluding carboxylic acids is 2. The minimum Gasteiger partial charge on any atom is -0.481 e. The van der Waals surface area contributed by atoms with Gasteiger partial charge in [0.1, 0.15) is 5.75 Å². The van der Waals surface area contributed by atoms with Crippen molar-refractivity contribution in [1.82, 2.24) is 4.57 Å². The summed E-state index contributed by atoms with van der Waals surface area (Å²) in [5, 5.41) is 0.426. The van der Waals surface area contributed by atoms with Crippen molar-refractivity contribution in [1.29, 1.82) is 0 Å². The molecule has 0 saturated carbocycles. The van der Waals surface area contributed by atoms with E-state index in [2.05, 4.69) is 0 Å². The van der Waals surface area contributed by atoms with Gasteiger partial charge in [-0.05, 0) is 62.1 Å². The molecule has 0 amide bonds. The number of thiazole rings is 1. The van der Waals surface area contributed by atoms with Gasteiger partial charge in [-0.2, -0.15) is 0 Å². The van der Waals surface area contributed by atoms with Crippen molar-refractivity contribution in [3.8, 4) is 5.75 Å². The molecule has 2 heterocycles. The van der Waals surface area contributed by atoms with E-state index in [0.29, 0.717) is 31.4 Å². The molecule has 1 atom stereocenters. The van der Waals surface area contributed by atoms with Crippen LogP contribution < -0.4 is 19.6 Å². The van der Waals surface area contributed by atoms with Crippen LogP contribution >= 0.6 is 34.7 Å². The van der Waals surface area contributed by atoms with E-state index in [9.17, 15) is 14.4 Å². The maximum absolute atomic E-state index is 14.2. The second-order valence-electron chi connectivity index (χ2n) is 9.48. The molecule has 226 valence electrons. The second kappa shape index (κ2) is 14.1. The van der Waals surface area contributed by atoms with Crippen LogP contribution in [0.25, 0.3) is 11.8 Å². The molecule has 0 bridgehead atoms. The Morgan fingerprint density at radius 1 is 1.02 bits per heavy atom.